The van der Waals surface area contributed by atoms with Gasteiger partial charge in [0.25, 0.3) is 0 Å². The molecule has 1 unspecified atom stereocenters. The summed E-state index contributed by atoms with van der Waals surface area (Å²) in [4.78, 5) is 3.92. The molecule has 9 nitrogen and oxygen atoms in total. The van der Waals surface area contributed by atoms with Crippen molar-refractivity contribution in [2.24, 2.45) is 0 Å². The summed E-state index contributed by atoms with van der Waals surface area (Å²) in [6, 6.07) is 3.33. The molecule has 124 valence electrons. The zero-order valence-electron chi connectivity index (χ0n) is 12.7. The molecule has 2 saturated heterocycles. The number of hydrogen-bond acceptors (Lipinski definition) is 8. The van der Waals surface area contributed by atoms with Crippen LogP contribution in [0.3, 0.4) is 0 Å². The van der Waals surface area contributed by atoms with Gasteiger partial charge in [-0.15, -0.1) is 0 Å². The minimum absolute atomic E-state index is 0.284. The molecule has 0 aromatic carbocycles. The molecule has 2 aromatic heterocycles. The topological polar surface area (TPSA) is 124 Å². The van der Waals surface area contributed by atoms with Crippen LogP contribution in [0.25, 0.3) is 5.52 Å². The van der Waals surface area contributed by atoms with Gasteiger partial charge in [-0.2, -0.15) is 5.10 Å². The van der Waals surface area contributed by atoms with Crippen LogP contribution >= 0.6 is 0 Å². The van der Waals surface area contributed by atoms with E-state index in [4.69, 9.17) is 19.9 Å². The molecule has 0 bridgehead atoms. The second kappa shape index (κ2) is 4.62. The van der Waals surface area contributed by atoms with E-state index in [-0.39, 0.29) is 12.4 Å². The van der Waals surface area contributed by atoms with E-state index in [1.54, 1.807) is 26.0 Å². The molecule has 0 saturated carbocycles. The molecule has 0 aliphatic carbocycles. The minimum atomic E-state index is -1.82. The highest BCUT2D eigenvalue weighted by Gasteiger charge is 2.64. The van der Waals surface area contributed by atoms with E-state index in [9.17, 15) is 10.2 Å². The number of aliphatic hydroxyl groups is 2. The normalized spacial score (nSPS) is 35.7. The Balaban J connectivity index is 1.84. The number of nitrogens with zero attached hydrogens (tertiary/aromatic N) is 3. The summed E-state index contributed by atoms with van der Waals surface area (Å²) in [5, 5.41) is 24.9. The lowest BCUT2D eigenvalue weighted by atomic mass is 10.0. The van der Waals surface area contributed by atoms with E-state index < -0.39 is 29.9 Å². The summed E-state index contributed by atoms with van der Waals surface area (Å²) in [5.74, 6) is -2.42. The molecule has 4 heterocycles. The maximum atomic E-state index is 11.2. The van der Waals surface area contributed by atoms with E-state index in [1.165, 1.54) is 10.8 Å². The first-order valence-electron chi connectivity index (χ1n) is 7.31. The highest BCUT2D eigenvalue weighted by molar-refractivity contribution is 5.65. The van der Waals surface area contributed by atoms with Crippen LogP contribution in [0.2, 0.25) is 0 Å². The molecule has 4 atom stereocenters. The molecule has 23 heavy (non-hydrogen) atoms. The van der Waals surface area contributed by atoms with Crippen LogP contribution in [0, 0.1) is 0 Å². The molecule has 0 spiro atoms. The molecule has 2 aromatic rings. The third-order valence-electron chi connectivity index (χ3n) is 4.24. The maximum absolute atomic E-state index is 11.2. The van der Waals surface area contributed by atoms with Crippen LogP contribution in [-0.2, 0) is 20.0 Å². The lowest BCUT2D eigenvalue weighted by molar-refractivity contribution is -0.285. The van der Waals surface area contributed by atoms with Crippen LogP contribution in [-0.4, -0.2) is 55.5 Å². The molecular weight excluding hydrogens is 304 g/mol. The average molecular weight is 322 g/mol. The summed E-state index contributed by atoms with van der Waals surface area (Å²) in [5.41, 5.74) is 6.71. The summed E-state index contributed by atoms with van der Waals surface area (Å²) >= 11 is 0. The first kappa shape index (κ1) is 14.8. The first-order valence-corrected chi connectivity index (χ1v) is 7.31. The fourth-order valence-corrected chi connectivity index (χ4v) is 3.30. The van der Waals surface area contributed by atoms with Crippen molar-refractivity contribution >= 4 is 11.3 Å². The number of fused-ring (bicyclic) bond motifs is 2. The predicted molar refractivity (Wildman–Crippen MR) is 77.1 cm³/mol. The largest absolute Gasteiger partial charge is 0.394 e. The molecule has 2 aliphatic heterocycles. The van der Waals surface area contributed by atoms with Crippen LogP contribution in [0.15, 0.2) is 18.5 Å². The van der Waals surface area contributed by atoms with E-state index in [2.05, 4.69) is 10.1 Å². The monoisotopic (exact) mass is 322 g/mol. The van der Waals surface area contributed by atoms with E-state index >= 15 is 0 Å². The third-order valence-corrected chi connectivity index (χ3v) is 4.24. The highest BCUT2D eigenvalue weighted by atomic mass is 16.8. The summed E-state index contributed by atoms with van der Waals surface area (Å²) < 4.78 is 18.7. The van der Waals surface area contributed by atoms with Crippen molar-refractivity contribution in [1.29, 1.82) is 0 Å². The van der Waals surface area contributed by atoms with Gasteiger partial charge in [0.05, 0.1) is 6.61 Å². The Hall–Kier alpha value is -1.78. The van der Waals surface area contributed by atoms with Crippen molar-refractivity contribution in [1.82, 2.24) is 14.6 Å². The van der Waals surface area contributed by atoms with Crippen molar-refractivity contribution in [3.8, 4) is 0 Å². The lowest BCUT2D eigenvalue weighted by Crippen LogP contribution is -2.41. The van der Waals surface area contributed by atoms with Crippen molar-refractivity contribution in [2.45, 2.75) is 43.7 Å². The van der Waals surface area contributed by atoms with Gasteiger partial charge in [0.2, 0.25) is 5.79 Å². The number of hydrogen-bond donors (Lipinski definition) is 3. The standard InChI is InChI=1S/C14H18N4O5/c1-13(2)22-10-8(5-19)21-14(20,11(10)23-13)9-4-3-7-12(15)16-6-17-18(7)9/h3-4,6,8,10-11,19-20H,5H2,1-2H3,(H2,15,16,17)/t8-,10-,11-,14?/m1/s1. The van der Waals surface area contributed by atoms with E-state index in [1.807, 2.05) is 0 Å². The number of anilines is 1. The molecule has 0 radical (unpaired) electrons. The Morgan fingerprint density at radius 2 is 2.09 bits per heavy atom. The van der Waals surface area contributed by atoms with Gasteiger partial charge >= 0.3 is 0 Å². The molecule has 0 amide bonds. The average Bonchev–Trinajstić information content (AvgIpc) is 3.12. The zero-order valence-corrected chi connectivity index (χ0v) is 12.7. The predicted octanol–water partition coefficient (Wildman–Crippen LogP) is -0.632. The van der Waals surface area contributed by atoms with Gasteiger partial charge in [-0.1, -0.05) is 0 Å². The Kier molecular flexibility index (Phi) is 2.97. The van der Waals surface area contributed by atoms with E-state index in [0.717, 1.165) is 0 Å². The number of nitrogens with two attached hydrogens (primary N) is 1. The molecule has 4 N–H and O–H groups in total. The van der Waals surface area contributed by atoms with Gasteiger partial charge in [-0.05, 0) is 26.0 Å². The molecule has 2 fully saturated rings. The van der Waals surface area contributed by atoms with Gasteiger partial charge in [0.1, 0.15) is 35.8 Å². The zero-order chi connectivity index (χ0) is 16.4. The Bertz CT molecular complexity index is 763. The van der Waals surface area contributed by atoms with Crippen molar-refractivity contribution in [3.63, 3.8) is 0 Å². The van der Waals surface area contributed by atoms with Crippen LogP contribution in [0.1, 0.15) is 19.5 Å². The van der Waals surface area contributed by atoms with Crippen LogP contribution < -0.4 is 5.73 Å². The minimum Gasteiger partial charge on any atom is -0.394 e. The Labute approximate surface area is 131 Å². The maximum Gasteiger partial charge on any atom is 0.240 e. The number of ether oxygens (including phenoxy) is 3. The van der Waals surface area contributed by atoms with Crippen LogP contribution in [0.4, 0.5) is 5.82 Å². The van der Waals surface area contributed by atoms with Crippen molar-refractivity contribution in [2.75, 3.05) is 12.3 Å². The Morgan fingerprint density at radius 3 is 2.83 bits per heavy atom. The van der Waals surface area contributed by atoms with Crippen molar-refractivity contribution in [3.05, 3.63) is 24.2 Å². The summed E-state index contributed by atoms with van der Waals surface area (Å²) in [6.45, 7) is 3.19. The fraction of sp³-hybridized carbons (Fsp3) is 0.571. The molecule has 9 heteroatoms. The van der Waals surface area contributed by atoms with Gasteiger partial charge < -0.3 is 30.2 Å². The van der Waals surface area contributed by atoms with Gasteiger partial charge in [0.15, 0.2) is 11.6 Å². The van der Waals surface area contributed by atoms with Crippen LogP contribution in [0.5, 0.6) is 0 Å². The molecule has 2 aliphatic rings. The van der Waals surface area contributed by atoms with E-state index in [0.29, 0.717) is 11.2 Å². The third kappa shape index (κ3) is 1.98. The quantitative estimate of drug-likeness (QED) is 0.667. The Morgan fingerprint density at radius 1 is 1.30 bits per heavy atom. The highest BCUT2D eigenvalue weighted by Crippen LogP contribution is 2.47. The number of aliphatic hydroxyl groups excluding tert-OH is 1. The van der Waals surface area contributed by atoms with Crippen molar-refractivity contribution < 1.29 is 24.4 Å². The molecule has 4 rings (SSSR count). The number of aromatic nitrogens is 3. The van der Waals surface area contributed by atoms with Gasteiger partial charge in [-0.3, -0.25) is 0 Å². The first-order chi connectivity index (χ1) is 10.9. The number of rotatable bonds is 2. The fourth-order valence-electron chi connectivity index (χ4n) is 3.30. The van der Waals surface area contributed by atoms with Gasteiger partial charge in [0, 0.05) is 0 Å². The lowest BCUT2D eigenvalue weighted by Gasteiger charge is -2.29. The SMILES string of the molecule is CC1(C)O[C@H]2[C@@H](O1)C(O)(c1ccc3c(N)ncnn13)O[C@@H]2CO. The summed E-state index contributed by atoms with van der Waals surface area (Å²) in [7, 11) is 0. The summed E-state index contributed by atoms with van der Waals surface area (Å²) in [6.07, 6.45) is -0.814. The second-order valence-corrected chi connectivity index (χ2v) is 6.22. The number of nitrogen functional groups attached to an aromatic ring is 1. The van der Waals surface area contributed by atoms with Gasteiger partial charge in [-0.25, -0.2) is 9.50 Å². The second-order valence-electron chi connectivity index (χ2n) is 6.22. The smallest absolute Gasteiger partial charge is 0.240 e. The molecular formula is C14H18N4O5.